The van der Waals surface area contributed by atoms with Gasteiger partial charge in [-0.25, -0.2) is 0 Å². The third kappa shape index (κ3) is 2.47. The maximum atomic E-state index is 6.18. The minimum atomic E-state index is 0.0628. The maximum Gasteiger partial charge on any atom is 0.114 e. The Morgan fingerprint density at radius 1 is 1.42 bits per heavy atom. The van der Waals surface area contributed by atoms with Gasteiger partial charge in [0.2, 0.25) is 0 Å². The van der Waals surface area contributed by atoms with Gasteiger partial charge in [-0.15, -0.1) is 0 Å². The van der Waals surface area contributed by atoms with E-state index < -0.39 is 0 Å². The van der Waals surface area contributed by atoms with Crippen LogP contribution in [0.2, 0.25) is 0 Å². The molecule has 0 amide bonds. The van der Waals surface area contributed by atoms with Crippen LogP contribution in [0.3, 0.4) is 0 Å². The molecule has 2 aliphatic rings. The van der Waals surface area contributed by atoms with Crippen LogP contribution in [-0.4, -0.2) is 17.8 Å². The molecule has 0 radical (unpaired) electrons. The lowest BCUT2D eigenvalue weighted by molar-refractivity contribution is -0.0131. The summed E-state index contributed by atoms with van der Waals surface area (Å²) in [6, 6.07) is 10.3. The van der Waals surface area contributed by atoms with Gasteiger partial charge in [-0.1, -0.05) is 42.5 Å². The highest BCUT2D eigenvalue weighted by molar-refractivity contribution is 5.17. The topological polar surface area (TPSA) is 21.8 Å². The summed E-state index contributed by atoms with van der Waals surface area (Å²) < 4.78 is 12.1. The molecule has 1 aliphatic heterocycles. The molecule has 2 nitrogen and oxygen atoms in total. The van der Waals surface area contributed by atoms with Crippen LogP contribution in [-0.2, 0) is 16.1 Å². The van der Waals surface area contributed by atoms with Gasteiger partial charge < -0.3 is 9.47 Å². The molecule has 2 heteroatoms. The van der Waals surface area contributed by atoms with Gasteiger partial charge in [-0.2, -0.15) is 0 Å². The van der Waals surface area contributed by atoms with E-state index in [9.17, 15) is 0 Å². The summed E-state index contributed by atoms with van der Waals surface area (Å²) in [5.74, 6) is 0.435. The molecule has 1 aromatic rings. The SMILES string of the molecule is C=C(C)[C@@H]1CC[C@]2(C)O[C@@H]2[C@@H]1OCc1ccccc1. The van der Waals surface area contributed by atoms with Crippen molar-refractivity contribution in [2.24, 2.45) is 5.92 Å². The lowest BCUT2D eigenvalue weighted by Gasteiger charge is -2.31. The maximum absolute atomic E-state index is 6.18. The monoisotopic (exact) mass is 258 g/mol. The highest BCUT2D eigenvalue weighted by Gasteiger charge is 2.61. The Kier molecular flexibility index (Phi) is 3.23. The van der Waals surface area contributed by atoms with Crippen molar-refractivity contribution in [1.82, 2.24) is 0 Å². The highest BCUT2D eigenvalue weighted by Crippen LogP contribution is 2.51. The van der Waals surface area contributed by atoms with Gasteiger partial charge in [0.1, 0.15) is 6.10 Å². The fourth-order valence-electron chi connectivity index (χ4n) is 3.19. The molecular formula is C17H22O2. The molecule has 1 saturated heterocycles. The Labute approximate surface area is 115 Å². The number of epoxide rings is 1. The van der Waals surface area contributed by atoms with E-state index in [4.69, 9.17) is 9.47 Å². The highest BCUT2D eigenvalue weighted by atomic mass is 16.6. The van der Waals surface area contributed by atoms with E-state index in [-0.39, 0.29) is 17.8 Å². The lowest BCUT2D eigenvalue weighted by Crippen LogP contribution is -2.38. The number of rotatable bonds is 4. The van der Waals surface area contributed by atoms with Crippen molar-refractivity contribution in [3.63, 3.8) is 0 Å². The van der Waals surface area contributed by atoms with E-state index in [1.165, 1.54) is 11.1 Å². The summed E-state index contributed by atoms with van der Waals surface area (Å²) in [6.07, 6.45) is 2.67. The summed E-state index contributed by atoms with van der Waals surface area (Å²) >= 11 is 0. The Hall–Kier alpha value is -1.12. The molecule has 4 atom stereocenters. The smallest absolute Gasteiger partial charge is 0.114 e. The standard InChI is InChI=1S/C17H22O2/c1-12(2)14-9-10-17(3)16(19-17)15(14)18-11-13-7-5-4-6-8-13/h4-8,14-16H,1,9-11H2,2-3H3/t14-,15+,16+,17-/m0/s1. The molecule has 0 spiro atoms. The summed E-state index contributed by atoms with van der Waals surface area (Å²) in [6.45, 7) is 9.09. The Bertz CT molecular complexity index is 467. The predicted octanol–water partition coefficient (Wildman–Crippen LogP) is 3.72. The fraction of sp³-hybridized carbons (Fsp3) is 0.529. The van der Waals surface area contributed by atoms with Crippen LogP contribution in [0.4, 0.5) is 0 Å². The van der Waals surface area contributed by atoms with Gasteiger partial charge in [-0.05, 0) is 32.3 Å². The normalized spacial score (nSPS) is 36.6. The van der Waals surface area contributed by atoms with Crippen molar-refractivity contribution < 1.29 is 9.47 Å². The van der Waals surface area contributed by atoms with Crippen LogP contribution >= 0.6 is 0 Å². The molecule has 1 aromatic carbocycles. The molecule has 3 rings (SSSR count). The second-order valence-electron chi connectivity index (χ2n) is 6.10. The third-order valence-corrected chi connectivity index (χ3v) is 4.51. The molecule has 0 aromatic heterocycles. The van der Waals surface area contributed by atoms with Crippen LogP contribution in [0, 0.1) is 5.92 Å². The minimum absolute atomic E-state index is 0.0628. The first-order chi connectivity index (χ1) is 9.10. The Morgan fingerprint density at radius 3 is 2.84 bits per heavy atom. The molecule has 0 unspecified atom stereocenters. The zero-order valence-electron chi connectivity index (χ0n) is 11.8. The summed E-state index contributed by atoms with van der Waals surface area (Å²) in [7, 11) is 0. The van der Waals surface area contributed by atoms with Gasteiger partial charge in [0.05, 0.1) is 18.3 Å². The molecule has 0 N–H and O–H groups in total. The quantitative estimate of drug-likeness (QED) is 0.606. The summed E-state index contributed by atoms with van der Waals surface area (Å²) in [5, 5.41) is 0. The van der Waals surface area contributed by atoms with Crippen molar-refractivity contribution in [3.05, 3.63) is 48.0 Å². The van der Waals surface area contributed by atoms with E-state index in [0.717, 1.165) is 12.8 Å². The van der Waals surface area contributed by atoms with Gasteiger partial charge in [-0.3, -0.25) is 0 Å². The first-order valence-corrected chi connectivity index (χ1v) is 7.09. The Morgan fingerprint density at radius 2 is 2.16 bits per heavy atom. The number of ether oxygens (including phenoxy) is 2. The largest absolute Gasteiger partial charge is 0.370 e. The van der Waals surface area contributed by atoms with Crippen molar-refractivity contribution in [2.45, 2.75) is 51.1 Å². The second kappa shape index (κ2) is 4.77. The lowest BCUT2D eigenvalue weighted by atomic mass is 9.77. The molecule has 1 aliphatic carbocycles. The summed E-state index contributed by atoms with van der Waals surface area (Å²) in [4.78, 5) is 0. The van der Waals surface area contributed by atoms with Crippen molar-refractivity contribution in [3.8, 4) is 0 Å². The third-order valence-electron chi connectivity index (χ3n) is 4.51. The van der Waals surface area contributed by atoms with E-state index in [0.29, 0.717) is 12.5 Å². The van der Waals surface area contributed by atoms with E-state index in [2.05, 4.69) is 32.6 Å². The average Bonchev–Trinajstić information content (AvgIpc) is 3.09. The number of hydrogen-bond donors (Lipinski definition) is 0. The van der Waals surface area contributed by atoms with Crippen molar-refractivity contribution >= 4 is 0 Å². The summed E-state index contributed by atoms with van der Waals surface area (Å²) in [5.41, 5.74) is 2.50. The van der Waals surface area contributed by atoms with Gasteiger partial charge >= 0.3 is 0 Å². The predicted molar refractivity (Wildman–Crippen MR) is 75.8 cm³/mol. The molecule has 1 saturated carbocycles. The van der Waals surface area contributed by atoms with E-state index >= 15 is 0 Å². The van der Waals surface area contributed by atoms with Crippen LogP contribution < -0.4 is 0 Å². The number of fused-ring (bicyclic) bond motifs is 1. The second-order valence-corrected chi connectivity index (χ2v) is 6.10. The van der Waals surface area contributed by atoms with Gasteiger partial charge in [0.25, 0.3) is 0 Å². The van der Waals surface area contributed by atoms with E-state index in [1.54, 1.807) is 0 Å². The first-order valence-electron chi connectivity index (χ1n) is 7.09. The Balaban J connectivity index is 1.68. The van der Waals surface area contributed by atoms with E-state index in [1.807, 2.05) is 18.2 Å². The fourth-order valence-corrected chi connectivity index (χ4v) is 3.19. The zero-order valence-corrected chi connectivity index (χ0v) is 11.8. The van der Waals surface area contributed by atoms with Gasteiger partial charge in [0.15, 0.2) is 0 Å². The molecule has 1 heterocycles. The van der Waals surface area contributed by atoms with Crippen LogP contribution in [0.25, 0.3) is 0 Å². The molecule has 19 heavy (non-hydrogen) atoms. The van der Waals surface area contributed by atoms with Crippen LogP contribution in [0.1, 0.15) is 32.3 Å². The minimum Gasteiger partial charge on any atom is -0.370 e. The molecule has 2 fully saturated rings. The van der Waals surface area contributed by atoms with Gasteiger partial charge in [0, 0.05) is 5.92 Å². The van der Waals surface area contributed by atoms with Crippen LogP contribution in [0.15, 0.2) is 42.5 Å². The average molecular weight is 258 g/mol. The zero-order chi connectivity index (χ0) is 13.5. The van der Waals surface area contributed by atoms with Crippen molar-refractivity contribution in [1.29, 1.82) is 0 Å². The number of benzene rings is 1. The van der Waals surface area contributed by atoms with Crippen molar-refractivity contribution in [2.75, 3.05) is 0 Å². The molecule has 102 valence electrons. The molecular weight excluding hydrogens is 236 g/mol. The number of hydrogen-bond acceptors (Lipinski definition) is 2. The molecule has 0 bridgehead atoms. The first kappa shape index (κ1) is 12.9. The van der Waals surface area contributed by atoms with Crippen LogP contribution in [0.5, 0.6) is 0 Å².